The fourth-order valence-electron chi connectivity index (χ4n) is 2.25. The molecule has 0 saturated heterocycles. The number of methoxy groups -OCH3 is 1. The summed E-state index contributed by atoms with van der Waals surface area (Å²) in [7, 11) is 1.63. The number of carbonyl (C=O) groups is 1. The molecule has 0 spiro atoms. The van der Waals surface area contributed by atoms with E-state index >= 15 is 0 Å². The van der Waals surface area contributed by atoms with Gasteiger partial charge in [-0.15, -0.1) is 0 Å². The smallest absolute Gasteiger partial charge is 0.234 e. The third-order valence-electron chi connectivity index (χ3n) is 3.37. The van der Waals surface area contributed by atoms with E-state index in [1.165, 1.54) is 5.56 Å². The summed E-state index contributed by atoms with van der Waals surface area (Å²) in [6.07, 6.45) is 0. The molecule has 1 unspecified atom stereocenters. The van der Waals surface area contributed by atoms with Gasteiger partial charge in [-0.3, -0.25) is 9.69 Å². The van der Waals surface area contributed by atoms with Gasteiger partial charge in [-0.2, -0.15) is 0 Å². The number of nitrogens with zero attached hydrogens (tertiary/aromatic N) is 1. The molecule has 0 radical (unpaired) electrons. The zero-order chi connectivity index (χ0) is 15.7. The first-order valence-electron chi connectivity index (χ1n) is 7.38. The lowest BCUT2D eigenvalue weighted by Crippen LogP contribution is -2.42. The molecule has 0 aromatic heterocycles. The maximum atomic E-state index is 12.0. The van der Waals surface area contributed by atoms with Gasteiger partial charge in [0.15, 0.2) is 0 Å². The van der Waals surface area contributed by atoms with Gasteiger partial charge in [0, 0.05) is 26.2 Å². The van der Waals surface area contributed by atoms with Crippen molar-refractivity contribution < 1.29 is 9.53 Å². The predicted octanol–water partition coefficient (Wildman–Crippen LogP) is 1.12. The van der Waals surface area contributed by atoms with Crippen LogP contribution in [0.15, 0.2) is 24.3 Å². The minimum absolute atomic E-state index is 0.0200. The Balaban J connectivity index is 2.57. The summed E-state index contributed by atoms with van der Waals surface area (Å²) in [6, 6.07) is 8.11. The van der Waals surface area contributed by atoms with Gasteiger partial charge < -0.3 is 15.8 Å². The van der Waals surface area contributed by atoms with Crippen LogP contribution in [0.2, 0.25) is 0 Å². The van der Waals surface area contributed by atoms with Crippen molar-refractivity contribution in [3.05, 3.63) is 35.4 Å². The van der Waals surface area contributed by atoms with Crippen molar-refractivity contribution in [1.29, 1.82) is 0 Å². The van der Waals surface area contributed by atoms with Gasteiger partial charge in [0.05, 0.1) is 13.2 Å². The zero-order valence-corrected chi connectivity index (χ0v) is 13.3. The number of rotatable bonds is 9. The number of ether oxygens (including phenoxy) is 1. The maximum absolute atomic E-state index is 12.0. The number of hydrogen-bond acceptors (Lipinski definition) is 4. The number of nitrogens with two attached hydrogens (primary N) is 1. The molecule has 21 heavy (non-hydrogen) atoms. The summed E-state index contributed by atoms with van der Waals surface area (Å²) >= 11 is 0. The van der Waals surface area contributed by atoms with E-state index < -0.39 is 0 Å². The van der Waals surface area contributed by atoms with Gasteiger partial charge >= 0.3 is 0 Å². The third kappa shape index (κ3) is 6.25. The second-order valence-corrected chi connectivity index (χ2v) is 5.20. The molecule has 0 fully saturated rings. The Hall–Kier alpha value is -1.43. The van der Waals surface area contributed by atoms with Crippen molar-refractivity contribution in [1.82, 2.24) is 10.2 Å². The normalized spacial score (nSPS) is 12.4. The highest BCUT2D eigenvalue weighted by molar-refractivity contribution is 5.78. The topological polar surface area (TPSA) is 67.6 Å². The summed E-state index contributed by atoms with van der Waals surface area (Å²) in [5.41, 5.74) is 8.07. The Morgan fingerprint density at radius 2 is 2.05 bits per heavy atom. The predicted molar refractivity (Wildman–Crippen MR) is 84.8 cm³/mol. The molecule has 1 atom stereocenters. The lowest BCUT2D eigenvalue weighted by atomic mass is 10.1. The molecule has 118 valence electrons. The van der Waals surface area contributed by atoms with Crippen LogP contribution < -0.4 is 11.1 Å². The van der Waals surface area contributed by atoms with Crippen molar-refractivity contribution in [2.75, 3.05) is 26.8 Å². The third-order valence-corrected chi connectivity index (χ3v) is 3.37. The minimum Gasteiger partial charge on any atom is -0.383 e. The van der Waals surface area contributed by atoms with Crippen molar-refractivity contribution in [3.63, 3.8) is 0 Å². The van der Waals surface area contributed by atoms with E-state index in [2.05, 4.69) is 23.2 Å². The highest BCUT2D eigenvalue weighted by Gasteiger charge is 2.13. The van der Waals surface area contributed by atoms with E-state index in [4.69, 9.17) is 10.5 Å². The van der Waals surface area contributed by atoms with Crippen molar-refractivity contribution >= 4 is 5.91 Å². The Kier molecular flexibility index (Phi) is 7.97. The second kappa shape index (κ2) is 9.50. The number of nitrogens with one attached hydrogen (secondary N) is 1. The SMILES string of the molecule is CCN(CC(=O)NC(C)COC)Cc1ccccc1CN. The first kappa shape index (κ1) is 17.6. The highest BCUT2D eigenvalue weighted by Crippen LogP contribution is 2.11. The largest absolute Gasteiger partial charge is 0.383 e. The maximum Gasteiger partial charge on any atom is 0.234 e. The molecule has 1 aromatic rings. The van der Waals surface area contributed by atoms with Crippen molar-refractivity contribution in [3.8, 4) is 0 Å². The van der Waals surface area contributed by atoms with Gasteiger partial charge in [-0.25, -0.2) is 0 Å². The van der Waals surface area contributed by atoms with Gasteiger partial charge in [0.1, 0.15) is 0 Å². The fourth-order valence-corrected chi connectivity index (χ4v) is 2.25. The summed E-state index contributed by atoms with van der Waals surface area (Å²) in [4.78, 5) is 14.1. The highest BCUT2D eigenvalue weighted by atomic mass is 16.5. The van der Waals surface area contributed by atoms with Crippen LogP contribution in [0, 0.1) is 0 Å². The zero-order valence-electron chi connectivity index (χ0n) is 13.3. The van der Waals surface area contributed by atoms with Crippen LogP contribution in [0.3, 0.4) is 0 Å². The summed E-state index contributed by atoms with van der Waals surface area (Å²) in [6.45, 7) is 6.95. The molecule has 0 saturated carbocycles. The van der Waals surface area contributed by atoms with Crippen molar-refractivity contribution in [2.45, 2.75) is 33.0 Å². The van der Waals surface area contributed by atoms with Crippen LogP contribution in [0.25, 0.3) is 0 Å². The van der Waals surface area contributed by atoms with Gasteiger partial charge in [-0.1, -0.05) is 31.2 Å². The molecule has 5 heteroatoms. The molecule has 1 amide bonds. The molecule has 0 aliphatic heterocycles. The van der Waals surface area contributed by atoms with Gasteiger partial charge in [0.2, 0.25) is 5.91 Å². The quantitative estimate of drug-likeness (QED) is 0.716. The second-order valence-electron chi connectivity index (χ2n) is 5.20. The van der Waals surface area contributed by atoms with E-state index in [0.717, 1.165) is 18.7 Å². The number of amides is 1. The lowest BCUT2D eigenvalue weighted by Gasteiger charge is -2.22. The first-order chi connectivity index (χ1) is 10.1. The molecular formula is C16H27N3O2. The summed E-state index contributed by atoms with van der Waals surface area (Å²) in [5, 5.41) is 2.93. The van der Waals surface area contributed by atoms with E-state index in [1.54, 1.807) is 7.11 Å². The Morgan fingerprint density at radius 3 is 2.62 bits per heavy atom. The number of likely N-dealkylation sites (N-methyl/N-ethyl adjacent to an activating group) is 1. The minimum atomic E-state index is 0.0200. The average Bonchev–Trinajstić information content (AvgIpc) is 2.47. The van der Waals surface area contributed by atoms with E-state index in [0.29, 0.717) is 19.7 Å². The van der Waals surface area contributed by atoms with Crippen LogP contribution in [0.5, 0.6) is 0 Å². The summed E-state index contributed by atoms with van der Waals surface area (Å²) in [5.74, 6) is 0.0200. The van der Waals surface area contributed by atoms with E-state index in [9.17, 15) is 4.79 Å². The number of hydrogen-bond donors (Lipinski definition) is 2. The molecule has 1 rings (SSSR count). The molecule has 3 N–H and O–H groups in total. The Morgan fingerprint density at radius 1 is 1.38 bits per heavy atom. The van der Waals surface area contributed by atoms with Crippen LogP contribution in [-0.2, 0) is 22.6 Å². The molecule has 0 heterocycles. The van der Waals surface area contributed by atoms with Gasteiger partial charge in [0.25, 0.3) is 0 Å². The molecule has 1 aromatic carbocycles. The van der Waals surface area contributed by atoms with Crippen LogP contribution in [0.1, 0.15) is 25.0 Å². The Labute approximate surface area is 127 Å². The number of benzene rings is 1. The first-order valence-corrected chi connectivity index (χ1v) is 7.38. The fraction of sp³-hybridized carbons (Fsp3) is 0.562. The molecule has 0 aliphatic carbocycles. The van der Waals surface area contributed by atoms with E-state index in [1.807, 2.05) is 25.1 Å². The molecule has 0 bridgehead atoms. The Bertz CT molecular complexity index is 437. The molecule has 5 nitrogen and oxygen atoms in total. The lowest BCUT2D eigenvalue weighted by molar-refractivity contribution is -0.123. The number of carbonyl (C=O) groups excluding carboxylic acids is 1. The average molecular weight is 293 g/mol. The standard InChI is InChI=1S/C16H27N3O2/c1-4-19(11-16(20)18-13(2)12-21-3)10-15-8-6-5-7-14(15)9-17/h5-8,13H,4,9-12,17H2,1-3H3,(H,18,20). The van der Waals surface area contributed by atoms with Crippen LogP contribution >= 0.6 is 0 Å². The van der Waals surface area contributed by atoms with E-state index in [-0.39, 0.29) is 11.9 Å². The monoisotopic (exact) mass is 293 g/mol. The van der Waals surface area contributed by atoms with Crippen molar-refractivity contribution in [2.24, 2.45) is 5.73 Å². The molecular weight excluding hydrogens is 266 g/mol. The van der Waals surface area contributed by atoms with Crippen LogP contribution in [0.4, 0.5) is 0 Å². The van der Waals surface area contributed by atoms with Gasteiger partial charge in [-0.05, 0) is 24.6 Å². The van der Waals surface area contributed by atoms with Crippen LogP contribution in [-0.4, -0.2) is 43.7 Å². The summed E-state index contributed by atoms with van der Waals surface area (Å²) < 4.78 is 5.02. The molecule has 0 aliphatic rings.